The van der Waals surface area contributed by atoms with E-state index in [0.29, 0.717) is 6.04 Å². The third-order valence-corrected chi connectivity index (χ3v) is 4.53. The van der Waals surface area contributed by atoms with Crippen molar-refractivity contribution < 1.29 is 9.53 Å². The molecule has 4 rings (SSSR count). The highest BCUT2D eigenvalue weighted by Crippen LogP contribution is 2.22. The van der Waals surface area contributed by atoms with E-state index in [2.05, 4.69) is 25.8 Å². The summed E-state index contributed by atoms with van der Waals surface area (Å²) in [5.41, 5.74) is 4.68. The number of pyridine rings is 1. The monoisotopic (exact) mass is 375 g/mol. The number of aromatic amines is 1. The molecule has 7 nitrogen and oxygen atoms in total. The number of carbonyl (C=O) groups is 1. The second kappa shape index (κ2) is 8.60. The highest BCUT2D eigenvalue weighted by molar-refractivity contribution is 6.02. The number of benzene rings is 1. The van der Waals surface area contributed by atoms with Crippen LogP contribution in [0.1, 0.15) is 11.1 Å². The third-order valence-electron chi connectivity index (χ3n) is 4.53. The van der Waals surface area contributed by atoms with Crippen molar-refractivity contribution in [2.75, 3.05) is 18.5 Å². The number of nitrogens with one attached hydrogen (secondary N) is 3. The average molecular weight is 375 g/mol. The molecule has 28 heavy (non-hydrogen) atoms. The van der Waals surface area contributed by atoms with Crippen LogP contribution in [0, 0.1) is 0 Å². The van der Waals surface area contributed by atoms with Crippen LogP contribution in [0.25, 0.3) is 17.2 Å². The quantitative estimate of drug-likeness (QED) is 0.552. The number of amides is 1. The van der Waals surface area contributed by atoms with E-state index in [1.54, 1.807) is 30.9 Å². The molecule has 0 radical (unpaired) electrons. The van der Waals surface area contributed by atoms with Crippen molar-refractivity contribution in [3.05, 3.63) is 72.3 Å². The van der Waals surface area contributed by atoms with Crippen LogP contribution in [-0.4, -0.2) is 40.3 Å². The summed E-state index contributed by atoms with van der Waals surface area (Å²) < 4.78 is 5.14. The van der Waals surface area contributed by atoms with Gasteiger partial charge in [-0.2, -0.15) is 5.10 Å². The van der Waals surface area contributed by atoms with Crippen molar-refractivity contribution >= 4 is 17.7 Å². The Morgan fingerprint density at radius 3 is 2.79 bits per heavy atom. The second-order valence-corrected chi connectivity index (χ2v) is 6.58. The number of aromatic nitrogens is 3. The van der Waals surface area contributed by atoms with Gasteiger partial charge < -0.3 is 15.4 Å². The Morgan fingerprint density at radius 1 is 1.21 bits per heavy atom. The number of anilines is 1. The molecule has 0 atom stereocenters. The van der Waals surface area contributed by atoms with Gasteiger partial charge in [0.15, 0.2) is 0 Å². The first-order valence-electron chi connectivity index (χ1n) is 9.10. The summed E-state index contributed by atoms with van der Waals surface area (Å²) in [5.74, 6) is -0.195. The molecule has 1 aliphatic rings. The second-order valence-electron chi connectivity index (χ2n) is 6.58. The maximum Gasteiger partial charge on any atom is 0.248 e. The molecule has 1 aliphatic heterocycles. The summed E-state index contributed by atoms with van der Waals surface area (Å²) in [6, 6.07) is 10.2. The van der Waals surface area contributed by atoms with Crippen LogP contribution in [0.3, 0.4) is 0 Å². The van der Waals surface area contributed by atoms with Gasteiger partial charge in [0.1, 0.15) is 0 Å². The third kappa shape index (κ3) is 4.51. The number of carbonyl (C=O) groups excluding carboxylic acids is 1. The van der Waals surface area contributed by atoms with E-state index in [1.165, 1.54) is 11.6 Å². The van der Waals surface area contributed by atoms with Gasteiger partial charge >= 0.3 is 0 Å². The lowest BCUT2D eigenvalue weighted by Crippen LogP contribution is -2.45. The molecule has 1 amide bonds. The van der Waals surface area contributed by atoms with Crippen LogP contribution in [-0.2, 0) is 16.1 Å². The first-order chi connectivity index (χ1) is 13.8. The minimum atomic E-state index is -0.195. The zero-order chi connectivity index (χ0) is 19.2. The zero-order valence-electron chi connectivity index (χ0n) is 15.3. The van der Waals surface area contributed by atoms with E-state index >= 15 is 0 Å². The molecule has 3 heterocycles. The van der Waals surface area contributed by atoms with Gasteiger partial charge in [-0.1, -0.05) is 12.1 Å². The Bertz CT molecular complexity index is 947. The number of H-pyrrole nitrogens is 1. The molecular formula is C21H21N5O2. The van der Waals surface area contributed by atoms with E-state index in [1.807, 2.05) is 30.3 Å². The predicted octanol–water partition coefficient (Wildman–Crippen LogP) is 2.61. The van der Waals surface area contributed by atoms with E-state index in [9.17, 15) is 4.79 Å². The molecule has 0 aliphatic carbocycles. The normalized spacial score (nSPS) is 14.1. The molecule has 142 valence electrons. The summed E-state index contributed by atoms with van der Waals surface area (Å²) in [5, 5.41) is 13.1. The molecule has 3 aromatic rings. The smallest absolute Gasteiger partial charge is 0.248 e. The fourth-order valence-electron chi connectivity index (χ4n) is 2.87. The van der Waals surface area contributed by atoms with Crippen molar-refractivity contribution in [1.82, 2.24) is 20.5 Å². The Morgan fingerprint density at radius 2 is 2.07 bits per heavy atom. The minimum absolute atomic E-state index is 0.195. The minimum Gasteiger partial charge on any atom is -0.378 e. The predicted molar refractivity (Wildman–Crippen MR) is 107 cm³/mol. The number of nitrogens with zero attached hydrogens (tertiary/aromatic N) is 2. The van der Waals surface area contributed by atoms with E-state index < -0.39 is 0 Å². The molecule has 0 saturated carbocycles. The van der Waals surface area contributed by atoms with E-state index in [-0.39, 0.29) is 5.91 Å². The fourth-order valence-corrected chi connectivity index (χ4v) is 2.87. The fraction of sp³-hybridized carbons (Fsp3) is 0.190. The molecule has 2 aromatic heterocycles. The van der Waals surface area contributed by atoms with Gasteiger partial charge in [0, 0.05) is 48.0 Å². The Labute approximate surface area is 162 Å². The standard InChI is InChI=1S/C21H21N5O2/c27-21(6-3-16-10-22-8-7-20(16)17-11-24-25-12-17)26-18-4-1-15(2-5-18)9-23-19-13-28-14-19/h1-8,10-12,19,23H,9,13-14H2,(H,24,25)(H,26,27)/b6-3+. The summed E-state index contributed by atoms with van der Waals surface area (Å²) >= 11 is 0. The number of hydrogen-bond acceptors (Lipinski definition) is 5. The molecular weight excluding hydrogens is 354 g/mol. The maximum absolute atomic E-state index is 12.3. The van der Waals surface area contributed by atoms with Crippen molar-refractivity contribution in [3.63, 3.8) is 0 Å². The Kier molecular flexibility index (Phi) is 5.56. The summed E-state index contributed by atoms with van der Waals surface area (Å²) in [6.07, 6.45) is 10.2. The van der Waals surface area contributed by atoms with Crippen LogP contribution in [0.4, 0.5) is 5.69 Å². The number of ether oxygens (including phenoxy) is 1. The Hall–Kier alpha value is -3.29. The average Bonchev–Trinajstić information content (AvgIpc) is 3.21. The molecule has 0 unspecified atom stereocenters. The number of hydrogen-bond donors (Lipinski definition) is 3. The molecule has 1 aromatic carbocycles. The topological polar surface area (TPSA) is 91.9 Å². The zero-order valence-corrected chi connectivity index (χ0v) is 15.3. The van der Waals surface area contributed by atoms with Gasteiger partial charge in [0.2, 0.25) is 5.91 Å². The van der Waals surface area contributed by atoms with Crippen molar-refractivity contribution in [2.24, 2.45) is 0 Å². The largest absolute Gasteiger partial charge is 0.378 e. The van der Waals surface area contributed by atoms with Crippen LogP contribution in [0.15, 0.2) is 61.2 Å². The Balaban J connectivity index is 1.35. The van der Waals surface area contributed by atoms with E-state index in [0.717, 1.165) is 42.1 Å². The molecule has 7 heteroatoms. The highest BCUT2D eigenvalue weighted by Gasteiger charge is 2.16. The summed E-state index contributed by atoms with van der Waals surface area (Å²) in [4.78, 5) is 16.4. The van der Waals surface area contributed by atoms with Crippen LogP contribution in [0.2, 0.25) is 0 Å². The van der Waals surface area contributed by atoms with Gasteiger partial charge in [-0.25, -0.2) is 0 Å². The lowest BCUT2D eigenvalue weighted by Gasteiger charge is -2.27. The first kappa shape index (κ1) is 18.1. The molecule has 3 N–H and O–H groups in total. The molecule has 0 bridgehead atoms. The lowest BCUT2D eigenvalue weighted by atomic mass is 10.0. The van der Waals surface area contributed by atoms with E-state index in [4.69, 9.17) is 4.74 Å². The van der Waals surface area contributed by atoms with Crippen LogP contribution >= 0.6 is 0 Å². The summed E-state index contributed by atoms with van der Waals surface area (Å²) in [6.45, 7) is 2.35. The van der Waals surface area contributed by atoms with Gasteiger partial charge in [-0.05, 0) is 35.4 Å². The van der Waals surface area contributed by atoms with Crippen molar-refractivity contribution in [1.29, 1.82) is 0 Å². The van der Waals surface area contributed by atoms with Gasteiger partial charge in [-0.15, -0.1) is 0 Å². The van der Waals surface area contributed by atoms with Crippen LogP contribution < -0.4 is 10.6 Å². The summed E-state index contributed by atoms with van der Waals surface area (Å²) in [7, 11) is 0. The molecule has 0 spiro atoms. The van der Waals surface area contributed by atoms with Crippen molar-refractivity contribution in [2.45, 2.75) is 12.6 Å². The lowest BCUT2D eigenvalue weighted by molar-refractivity contribution is -0.111. The van der Waals surface area contributed by atoms with Gasteiger partial charge in [0.25, 0.3) is 0 Å². The van der Waals surface area contributed by atoms with Gasteiger partial charge in [-0.3, -0.25) is 14.9 Å². The van der Waals surface area contributed by atoms with Crippen molar-refractivity contribution in [3.8, 4) is 11.1 Å². The maximum atomic E-state index is 12.3. The number of rotatable bonds is 7. The molecule has 1 saturated heterocycles. The highest BCUT2D eigenvalue weighted by atomic mass is 16.5. The van der Waals surface area contributed by atoms with Gasteiger partial charge in [0.05, 0.1) is 25.5 Å². The first-order valence-corrected chi connectivity index (χ1v) is 9.10. The van der Waals surface area contributed by atoms with Crippen LogP contribution in [0.5, 0.6) is 0 Å². The SMILES string of the molecule is O=C(/C=C/c1cnccc1-c1cn[nH]c1)Nc1ccc(CNC2COC2)cc1. The molecule has 1 fully saturated rings.